The molecule has 0 heterocycles. The molecule has 0 aromatic heterocycles. The third kappa shape index (κ3) is 4.65. The minimum absolute atomic E-state index is 0.0865. The van der Waals surface area contributed by atoms with Crippen LogP contribution in [0.3, 0.4) is 0 Å². The molecule has 0 spiro atoms. The predicted molar refractivity (Wildman–Crippen MR) is 74.4 cm³/mol. The van der Waals surface area contributed by atoms with E-state index in [0.29, 0.717) is 12.5 Å². The molecule has 0 bridgehead atoms. The lowest BCUT2D eigenvalue weighted by molar-refractivity contribution is -0.384. The van der Waals surface area contributed by atoms with E-state index in [9.17, 15) is 19.3 Å². The zero-order chi connectivity index (χ0) is 15.3. The van der Waals surface area contributed by atoms with Crippen LogP contribution in [0.25, 0.3) is 0 Å². The van der Waals surface area contributed by atoms with E-state index in [2.05, 4.69) is 10.6 Å². The Morgan fingerprint density at radius 1 is 1.50 bits per heavy atom. The van der Waals surface area contributed by atoms with Gasteiger partial charge in [-0.2, -0.15) is 0 Å². The average molecular weight is 304 g/mol. The first-order chi connectivity index (χ1) is 9.31. The van der Waals surface area contributed by atoms with Crippen molar-refractivity contribution in [1.82, 2.24) is 5.32 Å². The van der Waals surface area contributed by atoms with Crippen molar-refractivity contribution in [3.05, 3.63) is 33.1 Å². The molecule has 0 fully saturated rings. The van der Waals surface area contributed by atoms with Crippen molar-refractivity contribution in [2.24, 2.45) is 5.92 Å². The molecule has 0 aliphatic carbocycles. The summed E-state index contributed by atoms with van der Waals surface area (Å²) in [4.78, 5) is 21.6. The summed E-state index contributed by atoms with van der Waals surface area (Å²) in [5, 5.41) is 15.7. The maximum Gasteiger partial charge on any atom is 0.294 e. The molecule has 8 heteroatoms. The van der Waals surface area contributed by atoms with E-state index in [1.54, 1.807) is 0 Å². The first kappa shape index (κ1) is 16.2. The smallest absolute Gasteiger partial charge is 0.294 e. The van der Waals surface area contributed by atoms with Crippen LogP contribution in [-0.2, 0) is 4.79 Å². The second-order valence-corrected chi connectivity index (χ2v) is 5.00. The van der Waals surface area contributed by atoms with Gasteiger partial charge in [0.25, 0.3) is 5.69 Å². The van der Waals surface area contributed by atoms with Crippen molar-refractivity contribution in [2.75, 3.05) is 18.4 Å². The molecular weight excluding hydrogens is 289 g/mol. The molecule has 6 nitrogen and oxygen atoms in total. The number of benzene rings is 1. The lowest BCUT2D eigenvalue weighted by Crippen LogP contribution is -2.32. The van der Waals surface area contributed by atoms with Crippen molar-refractivity contribution in [3.63, 3.8) is 0 Å². The molecule has 0 saturated heterocycles. The van der Waals surface area contributed by atoms with Crippen molar-refractivity contribution < 1.29 is 14.1 Å². The quantitative estimate of drug-likeness (QED) is 0.625. The number of nitro groups is 1. The fourth-order valence-electron chi connectivity index (χ4n) is 1.38. The third-order valence-corrected chi connectivity index (χ3v) is 2.67. The molecule has 0 radical (unpaired) electrons. The Morgan fingerprint density at radius 2 is 2.15 bits per heavy atom. The van der Waals surface area contributed by atoms with E-state index in [1.165, 1.54) is 0 Å². The number of nitro benzene ring substituents is 1. The highest BCUT2D eigenvalue weighted by molar-refractivity contribution is 6.31. The number of carbonyl (C=O) groups excluding carboxylic acids is 1. The highest BCUT2D eigenvalue weighted by atomic mass is 35.5. The second-order valence-electron chi connectivity index (χ2n) is 4.59. The Labute approximate surface area is 120 Å². The molecule has 1 aromatic rings. The van der Waals surface area contributed by atoms with Crippen LogP contribution >= 0.6 is 11.6 Å². The maximum atomic E-state index is 13.3. The number of nitrogens with zero attached hydrogens (tertiary/aromatic N) is 1. The summed E-state index contributed by atoms with van der Waals surface area (Å²) in [6.07, 6.45) is 0. The van der Waals surface area contributed by atoms with Crippen LogP contribution in [0, 0.1) is 21.8 Å². The van der Waals surface area contributed by atoms with Crippen LogP contribution in [0.4, 0.5) is 15.8 Å². The van der Waals surface area contributed by atoms with E-state index in [-0.39, 0.29) is 28.8 Å². The zero-order valence-electron chi connectivity index (χ0n) is 11.1. The van der Waals surface area contributed by atoms with Crippen molar-refractivity contribution >= 4 is 28.9 Å². The largest absolute Gasteiger partial charge is 0.370 e. The van der Waals surface area contributed by atoms with Gasteiger partial charge in [-0.3, -0.25) is 14.9 Å². The summed E-state index contributed by atoms with van der Waals surface area (Å²) >= 11 is 5.49. The molecule has 0 unspecified atom stereocenters. The fourth-order valence-corrected chi connectivity index (χ4v) is 1.54. The van der Waals surface area contributed by atoms with Crippen molar-refractivity contribution in [2.45, 2.75) is 13.8 Å². The van der Waals surface area contributed by atoms with Gasteiger partial charge in [-0.05, 0) is 5.92 Å². The standard InChI is InChI=1S/C12H15ClFN3O3/c1-7(2)5-16-12(18)6-15-10-4-9(14)8(13)3-11(10)17(19)20/h3-4,7,15H,5-6H2,1-2H3,(H,16,18). The van der Waals surface area contributed by atoms with Crippen LogP contribution in [0.2, 0.25) is 5.02 Å². The monoisotopic (exact) mass is 303 g/mol. The van der Waals surface area contributed by atoms with E-state index < -0.39 is 10.7 Å². The Balaban J connectivity index is 2.74. The van der Waals surface area contributed by atoms with Crippen LogP contribution in [0.1, 0.15) is 13.8 Å². The highest BCUT2D eigenvalue weighted by Crippen LogP contribution is 2.30. The molecule has 0 aliphatic heterocycles. The summed E-state index contributed by atoms with van der Waals surface area (Å²) in [5.41, 5.74) is -0.468. The zero-order valence-corrected chi connectivity index (χ0v) is 11.8. The number of hydrogen-bond acceptors (Lipinski definition) is 4. The second kappa shape index (κ2) is 7.04. The van der Waals surface area contributed by atoms with Gasteiger partial charge in [-0.15, -0.1) is 0 Å². The Morgan fingerprint density at radius 3 is 2.70 bits per heavy atom. The first-order valence-corrected chi connectivity index (χ1v) is 6.33. The summed E-state index contributed by atoms with van der Waals surface area (Å²) < 4.78 is 13.3. The van der Waals surface area contributed by atoms with Crippen molar-refractivity contribution in [3.8, 4) is 0 Å². The number of carbonyl (C=O) groups is 1. The van der Waals surface area contributed by atoms with Crippen molar-refractivity contribution in [1.29, 1.82) is 0 Å². The van der Waals surface area contributed by atoms with E-state index >= 15 is 0 Å². The Hall–Kier alpha value is -1.89. The predicted octanol–water partition coefficient (Wildman–Crippen LogP) is 2.57. The topological polar surface area (TPSA) is 84.3 Å². The van der Waals surface area contributed by atoms with Gasteiger partial charge >= 0.3 is 0 Å². The number of nitrogens with one attached hydrogen (secondary N) is 2. The molecule has 0 saturated carbocycles. The number of halogens is 2. The summed E-state index contributed by atoms with van der Waals surface area (Å²) in [5.74, 6) is -0.827. The van der Waals surface area contributed by atoms with Gasteiger partial charge in [0.05, 0.1) is 16.5 Å². The first-order valence-electron chi connectivity index (χ1n) is 5.95. The van der Waals surface area contributed by atoms with Gasteiger partial charge in [0.15, 0.2) is 0 Å². The van der Waals surface area contributed by atoms with Gasteiger partial charge in [0.2, 0.25) is 5.91 Å². The molecule has 20 heavy (non-hydrogen) atoms. The van der Waals surface area contributed by atoms with Gasteiger partial charge < -0.3 is 10.6 Å². The van der Waals surface area contributed by atoms with Gasteiger partial charge in [0.1, 0.15) is 11.5 Å². The van der Waals surface area contributed by atoms with E-state index in [4.69, 9.17) is 11.6 Å². The minimum Gasteiger partial charge on any atom is -0.370 e. The highest BCUT2D eigenvalue weighted by Gasteiger charge is 2.18. The van der Waals surface area contributed by atoms with Gasteiger partial charge in [-0.1, -0.05) is 25.4 Å². The van der Waals surface area contributed by atoms with Crippen LogP contribution in [0.15, 0.2) is 12.1 Å². The molecular formula is C12H15ClFN3O3. The fraction of sp³-hybridized carbons (Fsp3) is 0.417. The van der Waals surface area contributed by atoms with Crippen LogP contribution in [0.5, 0.6) is 0 Å². The molecule has 1 rings (SSSR count). The number of rotatable bonds is 6. The van der Waals surface area contributed by atoms with Crippen LogP contribution < -0.4 is 10.6 Å². The molecule has 2 N–H and O–H groups in total. The maximum absolute atomic E-state index is 13.3. The normalized spacial score (nSPS) is 10.4. The minimum atomic E-state index is -0.789. The lowest BCUT2D eigenvalue weighted by atomic mass is 10.2. The third-order valence-electron chi connectivity index (χ3n) is 2.38. The number of amides is 1. The molecule has 1 amide bonds. The molecule has 0 atom stereocenters. The Kier molecular flexibility index (Phi) is 5.69. The SMILES string of the molecule is CC(C)CNC(=O)CNc1cc(F)c(Cl)cc1[N+](=O)[O-]. The van der Waals surface area contributed by atoms with E-state index in [0.717, 1.165) is 12.1 Å². The Bertz CT molecular complexity index is 523. The molecule has 110 valence electrons. The summed E-state index contributed by atoms with van der Waals surface area (Å²) in [6, 6.07) is 1.81. The summed E-state index contributed by atoms with van der Waals surface area (Å²) in [6.45, 7) is 4.19. The van der Waals surface area contributed by atoms with Crippen LogP contribution in [-0.4, -0.2) is 23.9 Å². The average Bonchev–Trinajstić information content (AvgIpc) is 2.36. The van der Waals surface area contributed by atoms with E-state index in [1.807, 2.05) is 13.8 Å². The number of hydrogen-bond donors (Lipinski definition) is 2. The lowest BCUT2D eigenvalue weighted by Gasteiger charge is -2.10. The van der Waals surface area contributed by atoms with Gasteiger partial charge in [0, 0.05) is 18.7 Å². The molecule has 0 aliphatic rings. The van der Waals surface area contributed by atoms with Gasteiger partial charge in [-0.25, -0.2) is 4.39 Å². The summed E-state index contributed by atoms with van der Waals surface area (Å²) in [7, 11) is 0. The number of anilines is 1. The molecule has 1 aromatic carbocycles.